The molecule has 0 amide bonds. The van der Waals surface area contributed by atoms with Gasteiger partial charge in [0.05, 0.1) is 5.71 Å². The predicted molar refractivity (Wildman–Crippen MR) is 240 cm³/mol. The van der Waals surface area contributed by atoms with E-state index in [9.17, 15) is 0 Å². The number of halogens is 3. The SMILES string of the molecule is C.C.I[I-]I.NC1C2CCC1CN(Cc1ccccc1)C2.NC1C2CCC1CN(Cc1ccccc1)C2.ON=C1C2CCC1CN(Cc1ccccc1)C2. The van der Waals surface area contributed by atoms with Crippen molar-refractivity contribution in [2.45, 2.75) is 85.1 Å². The van der Waals surface area contributed by atoms with Crippen molar-refractivity contribution in [1.82, 2.24) is 14.7 Å². The van der Waals surface area contributed by atoms with Crippen LogP contribution in [0.3, 0.4) is 0 Å². The molecule has 0 radical (unpaired) electrons. The molecule has 54 heavy (non-hydrogen) atoms. The normalized spacial score (nSPS) is 29.6. The zero-order valence-corrected chi connectivity index (χ0v) is 36.9. The number of benzene rings is 3. The molecule has 0 spiro atoms. The number of piperidine rings is 3. The molecule has 6 fully saturated rings. The van der Waals surface area contributed by atoms with E-state index in [1.54, 1.807) is 0 Å². The zero-order valence-electron chi connectivity index (χ0n) is 30.4. The Kier molecular flexibility index (Phi) is 19.9. The molecule has 9 rings (SSSR count). The molecule has 3 saturated heterocycles. The summed E-state index contributed by atoms with van der Waals surface area (Å²) >= 11 is 5.30. The minimum absolute atomic E-state index is 0. The van der Waals surface area contributed by atoms with Gasteiger partial charge in [-0.3, -0.25) is 14.7 Å². The van der Waals surface area contributed by atoms with Crippen LogP contribution < -0.4 is 24.7 Å². The summed E-state index contributed by atoms with van der Waals surface area (Å²) in [5.41, 5.74) is 17.7. The summed E-state index contributed by atoms with van der Waals surface area (Å²) in [4.78, 5) is 7.66. The molecule has 7 nitrogen and oxygen atoms in total. The molecule has 3 aliphatic heterocycles. The monoisotopic (exact) mass is 1080 g/mol. The maximum Gasteiger partial charge on any atom is 0.0657 e. The van der Waals surface area contributed by atoms with E-state index in [1.165, 1.54) is 81.4 Å². The molecular formula is C44H66I3N6O-. The van der Waals surface area contributed by atoms with Crippen molar-refractivity contribution in [1.29, 1.82) is 0 Å². The van der Waals surface area contributed by atoms with Crippen molar-refractivity contribution in [2.24, 2.45) is 52.1 Å². The van der Waals surface area contributed by atoms with Gasteiger partial charge in [-0.15, -0.1) is 0 Å². The van der Waals surface area contributed by atoms with Gasteiger partial charge < -0.3 is 16.7 Å². The fraction of sp³-hybridized carbons (Fsp3) is 0.568. The van der Waals surface area contributed by atoms with Crippen molar-refractivity contribution >= 4 is 42.9 Å². The summed E-state index contributed by atoms with van der Waals surface area (Å²) in [6.45, 7) is 10.1. The van der Waals surface area contributed by atoms with Gasteiger partial charge >= 0.3 is 50.5 Å². The Morgan fingerprint density at radius 1 is 0.519 bits per heavy atom. The molecule has 6 bridgehead atoms. The maximum absolute atomic E-state index is 9.02. The number of nitrogens with two attached hydrogens (primary N) is 2. The third kappa shape index (κ3) is 12.8. The Morgan fingerprint density at radius 2 is 0.796 bits per heavy atom. The average molecular weight is 1080 g/mol. The first kappa shape index (κ1) is 45.8. The smallest absolute Gasteiger partial charge is 0.0657 e. The molecule has 5 N–H and O–H groups in total. The van der Waals surface area contributed by atoms with Crippen LogP contribution in [-0.4, -0.2) is 77.0 Å². The summed E-state index contributed by atoms with van der Waals surface area (Å²) in [6, 6.07) is 33.1. The number of likely N-dealkylation sites (tertiary alicyclic amines) is 3. The van der Waals surface area contributed by atoms with Crippen molar-refractivity contribution in [3.8, 4) is 0 Å². The van der Waals surface area contributed by atoms with Crippen LogP contribution in [0, 0.1) is 35.5 Å². The zero-order chi connectivity index (χ0) is 36.3. The molecule has 3 heterocycles. The first-order valence-corrected chi connectivity index (χ1v) is 31.9. The van der Waals surface area contributed by atoms with Gasteiger partial charge in [0, 0.05) is 82.8 Å². The molecule has 3 saturated carbocycles. The van der Waals surface area contributed by atoms with Gasteiger partial charge in [0.2, 0.25) is 0 Å². The molecule has 3 aromatic carbocycles. The van der Waals surface area contributed by atoms with Gasteiger partial charge in [-0.05, 0) is 78.9 Å². The minimum Gasteiger partial charge on any atom is -0.411 e. The van der Waals surface area contributed by atoms with E-state index in [1.807, 2.05) is 0 Å². The second-order valence-corrected chi connectivity index (χ2v) is 32.2. The average Bonchev–Trinajstić information content (AvgIpc) is 3.60. The molecule has 6 atom stereocenters. The van der Waals surface area contributed by atoms with Crippen molar-refractivity contribution in [3.63, 3.8) is 0 Å². The van der Waals surface area contributed by atoms with Crippen molar-refractivity contribution in [3.05, 3.63) is 108 Å². The van der Waals surface area contributed by atoms with Crippen LogP contribution in [0.4, 0.5) is 0 Å². The summed E-state index contributed by atoms with van der Waals surface area (Å²) in [5, 5.41) is 12.5. The Balaban J connectivity index is 0.000000171. The van der Waals surface area contributed by atoms with E-state index < -0.39 is 0 Å². The largest absolute Gasteiger partial charge is 0.411 e. The van der Waals surface area contributed by atoms with Gasteiger partial charge in [-0.25, -0.2) is 0 Å². The van der Waals surface area contributed by atoms with Gasteiger partial charge in [-0.1, -0.05) is 111 Å². The number of hydrogen-bond acceptors (Lipinski definition) is 7. The Hall–Kier alpha value is -0.880. The fourth-order valence-corrected chi connectivity index (χ4v) is 9.90. The second-order valence-electron chi connectivity index (χ2n) is 15.9. The molecule has 3 aliphatic carbocycles. The van der Waals surface area contributed by atoms with E-state index in [0.29, 0.717) is 37.2 Å². The van der Waals surface area contributed by atoms with Crippen LogP contribution in [0.25, 0.3) is 0 Å². The molecule has 6 unspecified atom stereocenters. The number of nitrogens with zero attached hydrogens (tertiary/aromatic N) is 4. The number of hydrogen-bond donors (Lipinski definition) is 3. The first-order valence-electron chi connectivity index (χ1n) is 19.3. The van der Waals surface area contributed by atoms with Crippen LogP contribution in [0.2, 0.25) is 0 Å². The molecule has 6 aliphatic rings. The van der Waals surface area contributed by atoms with Gasteiger partial charge in [0.25, 0.3) is 0 Å². The van der Waals surface area contributed by atoms with Gasteiger partial charge in [0.15, 0.2) is 0 Å². The quantitative estimate of drug-likeness (QED) is 0.157. The fourth-order valence-electron chi connectivity index (χ4n) is 9.90. The van der Waals surface area contributed by atoms with Crippen LogP contribution in [-0.2, 0) is 19.6 Å². The number of rotatable bonds is 6. The van der Waals surface area contributed by atoms with Crippen molar-refractivity contribution in [2.75, 3.05) is 39.3 Å². The Bertz CT molecular complexity index is 1390. The van der Waals surface area contributed by atoms with Gasteiger partial charge in [-0.2, -0.15) is 0 Å². The number of fused-ring (bicyclic) bond motifs is 6. The van der Waals surface area contributed by atoms with Crippen LogP contribution >= 0.6 is 37.2 Å². The summed E-state index contributed by atoms with van der Waals surface area (Å²) in [7, 11) is 0. The third-order valence-electron chi connectivity index (χ3n) is 12.5. The Morgan fingerprint density at radius 3 is 1.07 bits per heavy atom. The standard InChI is InChI=1S/C14H18N2O.2C14H20N2.2CH4.I3/c17-15-14-12-6-7-13(14)10-16(9-12)8-11-4-2-1-3-5-11;2*15-14-12-6-7-13(14)10-16(9-12)8-11-4-2-1-3-5-11;;;1-3-2/h1-5,12-13,17H,6-10H2;2*1-5,12-14H,6-10,15H2;2*1H4;/q;;;;;-1. The molecule has 3 aromatic rings. The topological polar surface area (TPSA) is 94.3 Å². The predicted octanol–water partition coefficient (Wildman–Crippen LogP) is 6.12. The van der Waals surface area contributed by atoms with Gasteiger partial charge in [0.1, 0.15) is 0 Å². The van der Waals surface area contributed by atoms with Crippen LogP contribution in [0.15, 0.2) is 96.2 Å². The summed E-state index contributed by atoms with van der Waals surface area (Å²) < 4.78 is 0. The van der Waals surface area contributed by atoms with E-state index in [0.717, 1.165) is 62.1 Å². The van der Waals surface area contributed by atoms with E-state index in [-0.39, 0.29) is 14.9 Å². The summed E-state index contributed by atoms with van der Waals surface area (Å²) in [5.74, 6) is 3.99. The van der Waals surface area contributed by atoms with Crippen LogP contribution in [0.1, 0.15) is 70.1 Å². The van der Waals surface area contributed by atoms with E-state index in [4.69, 9.17) is 16.7 Å². The second kappa shape index (κ2) is 23.5. The Labute approximate surface area is 357 Å². The third-order valence-corrected chi connectivity index (χ3v) is 12.5. The number of oxime groups is 1. The van der Waals surface area contributed by atoms with Crippen molar-refractivity contribution < 1.29 is 18.5 Å². The first-order chi connectivity index (χ1) is 25.4. The minimum atomic E-state index is 0. The molecule has 300 valence electrons. The maximum atomic E-state index is 9.02. The summed E-state index contributed by atoms with van der Waals surface area (Å²) in [6.07, 6.45) is 7.76. The van der Waals surface area contributed by atoms with E-state index >= 15 is 0 Å². The molecule has 0 aromatic heterocycles. The van der Waals surface area contributed by atoms with Crippen LogP contribution in [0.5, 0.6) is 0 Å². The molecular weight excluding hydrogens is 1010 g/mol. The van der Waals surface area contributed by atoms with E-state index in [2.05, 4.69) is 148 Å². The molecule has 10 heteroatoms.